The summed E-state index contributed by atoms with van der Waals surface area (Å²) in [4.78, 5) is 15.3. The van der Waals surface area contributed by atoms with E-state index in [1.165, 1.54) is 16.3 Å². The predicted octanol–water partition coefficient (Wildman–Crippen LogP) is 5.71. The van der Waals surface area contributed by atoms with Crippen LogP contribution in [0.4, 0.5) is 0 Å². The van der Waals surface area contributed by atoms with Crippen molar-refractivity contribution in [3.8, 4) is 0 Å². The summed E-state index contributed by atoms with van der Waals surface area (Å²) in [5.41, 5.74) is 3.48. The van der Waals surface area contributed by atoms with E-state index in [1.807, 2.05) is 41.3 Å². The monoisotopic (exact) mass is 363 g/mol. The van der Waals surface area contributed by atoms with Crippen molar-refractivity contribution in [2.45, 2.75) is 18.5 Å². The first kappa shape index (κ1) is 16.8. The minimum absolute atomic E-state index is 0.0553. The highest BCUT2D eigenvalue weighted by Crippen LogP contribution is 2.48. The van der Waals surface area contributed by atoms with E-state index >= 15 is 0 Å². The second kappa shape index (κ2) is 6.97. The Bertz CT molecular complexity index is 1120. The summed E-state index contributed by atoms with van der Waals surface area (Å²) >= 11 is 0. The van der Waals surface area contributed by atoms with Crippen molar-refractivity contribution in [3.63, 3.8) is 0 Å². The Balaban J connectivity index is 1.58. The molecule has 2 nitrogen and oxygen atoms in total. The molecule has 0 aliphatic carbocycles. The lowest BCUT2D eigenvalue weighted by atomic mass is 9.76. The molecule has 136 valence electrons. The minimum Gasteiger partial charge on any atom is -0.330 e. The van der Waals surface area contributed by atoms with E-state index in [-0.39, 0.29) is 17.9 Å². The van der Waals surface area contributed by atoms with Gasteiger partial charge in [-0.3, -0.25) is 4.79 Å². The molecule has 2 heteroatoms. The first-order valence-electron chi connectivity index (χ1n) is 9.70. The minimum atomic E-state index is -0.141. The van der Waals surface area contributed by atoms with E-state index < -0.39 is 0 Å². The van der Waals surface area contributed by atoms with Crippen LogP contribution in [0.2, 0.25) is 0 Å². The number of hydrogen-bond acceptors (Lipinski definition) is 1. The van der Waals surface area contributed by atoms with Gasteiger partial charge in [-0.15, -0.1) is 0 Å². The highest BCUT2D eigenvalue weighted by Gasteiger charge is 2.49. The van der Waals surface area contributed by atoms with Gasteiger partial charge in [0.1, 0.15) is 0 Å². The van der Waals surface area contributed by atoms with Crippen LogP contribution in [-0.2, 0) is 11.3 Å². The Morgan fingerprint density at radius 3 is 2.11 bits per heavy atom. The van der Waals surface area contributed by atoms with Gasteiger partial charge in [0, 0.05) is 6.54 Å². The summed E-state index contributed by atoms with van der Waals surface area (Å²) in [6, 6.07) is 35.3. The molecule has 4 aromatic rings. The summed E-state index contributed by atoms with van der Waals surface area (Å²) in [7, 11) is 0. The molecule has 0 saturated carbocycles. The fourth-order valence-electron chi connectivity index (χ4n) is 4.35. The smallest absolute Gasteiger partial charge is 0.233 e. The van der Waals surface area contributed by atoms with Crippen LogP contribution in [0.5, 0.6) is 0 Å². The standard InChI is InChI=1S/C26H21NO/c28-26-24(23-17-9-15-20-12-7-8-16-22(20)23)25(21-13-5-2-6-14-21)27(26)18-19-10-3-1-4-11-19/h1-17,24-25H,18H2/t24-,25-/m1/s1. The number of amides is 1. The van der Waals surface area contributed by atoms with Crippen LogP contribution in [0.25, 0.3) is 10.8 Å². The maximum absolute atomic E-state index is 13.3. The second-order valence-corrected chi connectivity index (χ2v) is 7.35. The number of nitrogens with zero attached hydrogens (tertiary/aromatic N) is 1. The van der Waals surface area contributed by atoms with Crippen LogP contribution < -0.4 is 0 Å². The predicted molar refractivity (Wildman–Crippen MR) is 113 cm³/mol. The maximum atomic E-state index is 13.3. The van der Waals surface area contributed by atoms with Crippen molar-refractivity contribution in [1.82, 2.24) is 4.90 Å². The third-order valence-electron chi connectivity index (χ3n) is 5.70. The molecular weight excluding hydrogens is 342 g/mol. The van der Waals surface area contributed by atoms with Gasteiger partial charge in [0.25, 0.3) is 0 Å². The number of carbonyl (C=O) groups excluding carboxylic acids is 1. The summed E-state index contributed by atoms with van der Waals surface area (Å²) < 4.78 is 0. The number of hydrogen-bond donors (Lipinski definition) is 0. The highest BCUT2D eigenvalue weighted by molar-refractivity contribution is 5.97. The van der Waals surface area contributed by atoms with Gasteiger partial charge < -0.3 is 4.90 Å². The number of fused-ring (bicyclic) bond motifs is 1. The maximum Gasteiger partial charge on any atom is 0.233 e. The summed E-state index contributed by atoms with van der Waals surface area (Å²) in [6.45, 7) is 0.639. The first-order valence-corrected chi connectivity index (χ1v) is 9.70. The Kier molecular flexibility index (Phi) is 4.17. The topological polar surface area (TPSA) is 20.3 Å². The zero-order valence-corrected chi connectivity index (χ0v) is 15.5. The molecule has 4 aromatic carbocycles. The molecule has 0 unspecified atom stereocenters. The van der Waals surface area contributed by atoms with Gasteiger partial charge in [-0.2, -0.15) is 0 Å². The van der Waals surface area contributed by atoms with Crippen molar-refractivity contribution < 1.29 is 4.79 Å². The third kappa shape index (κ3) is 2.78. The van der Waals surface area contributed by atoms with E-state index in [2.05, 4.69) is 66.7 Å². The average Bonchev–Trinajstić information content (AvgIpc) is 2.77. The number of rotatable bonds is 4. The van der Waals surface area contributed by atoms with Gasteiger partial charge >= 0.3 is 0 Å². The molecule has 0 spiro atoms. The van der Waals surface area contributed by atoms with Crippen LogP contribution in [0, 0.1) is 0 Å². The normalized spacial score (nSPS) is 18.9. The third-order valence-corrected chi connectivity index (χ3v) is 5.70. The summed E-state index contributed by atoms with van der Waals surface area (Å²) in [6.07, 6.45) is 0. The Labute approximate surface area is 165 Å². The van der Waals surface area contributed by atoms with E-state index in [0.717, 1.165) is 11.1 Å². The summed E-state index contributed by atoms with van der Waals surface area (Å²) in [5, 5.41) is 2.35. The van der Waals surface area contributed by atoms with Crippen LogP contribution in [0.1, 0.15) is 28.7 Å². The van der Waals surface area contributed by atoms with Gasteiger partial charge in [0.2, 0.25) is 5.91 Å². The lowest BCUT2D eigenvalue weighted by molar-refractivity contribution is -0.151. The Morgan fingerprint density at radius 1 is 0.679 bits per heavy atom. The van der Waals surface area contributed by atoms with Crippen molar-refractivity contribution in [2.75, 3.05) is 0 Å². The molecule has 1 aliphatic heterocycles. The molecule has 5 rings (SSSR count). The average molecular weight is 363 g/mol. The number of β-lactam (4-membered cyclic amide) rings is 1. The van der Waals surface area contributed by atoms with E-state index in [9.17, 15) is 4.79 Å². The Morgan fingerprint density at radius 2 is 1.32 bits per heavy atom. The molecule has 28 heavy (non-hydrogen) atoms. The van der Waals surface area contributed by atoms with Gasteiger partial charge in [-0.25, -0.2) is 0 Å². The number of benzene rings is 4. The molecule has 1 fully saturated rings. The zero-order valence-electron chi connectivity index (χ0n) is 15.5. The lowest BCUT2D eigenvalue weighted by Crippen LogP contribution is -2.52. The molecule has 0 radical (unpaired) electrons. The molecule has 1 aliphatic rings. The van der Waals surface area contributed by atoms with Gasteiger partial charge in [0.15, 0.2) is 0 Å². The lowest BCUT2D eigenvalue weighted by Gasteiger charge is -2.48. The van der Waals surface area contributed by atoms with E-state index in [0.29, 0.717) is 6.54 Å². The van der Waals surface area contributed by atoms with Crippen molar-refractivity contribution in [1.29, 1.82) is 0 Å². The zero-order chi connectivity index (χ0) is 18.9. The number of likely N-dealkylation sites (tertiary alicyclic amines) is 1. The molecule has 2 atom stereocenters. The van der Waals surface area contributed by atoms with Gasteiger partial charge in [-0.05, 0) is 27.5 Å². The molecule has 1 amide bonds. The molecule has 1 saturated heterocycles. The molecule has 0 bridgehead atoms. The SMILES string of the molecule is O=C1[C@H](c2cccc3ccccc23)[C@@H](c2ccccc2)N1Cc1ccccc1. The van der Waals surface area contributed by atoms with Crippen molar-refractivity contribution >= 4 is 16.7 Å². The van der Waals surface area contributed by atoms with E-state index in [1.54, 1.807) is 0 Å². The second-order valence-electron chi connectivity index (χ2n) is 7.35. The van der Waals surface area contributed by atoms with Crippen LogP contribution in [0.15, 0.2) is 103 Å². The van der Waals surface area contributed by atoms with Crippen molar-refractivity contribution in [2.24, 2.45) is 0 Å². The van der Waals surface area contributed by atoms with Crippen LogP contribution in [-0.4, -0.2) is 10.8 Å². The fraction of sp³-hybridized carbons (Fsp3) is 0.115. The number of carbonyl (C=O) groups is 1. The van der Waals surface area contributed by atoms with Crippen LogP contribution >= 0.6 is 0 Å². The summed E-state index contributed by atoms with van der Waals surface area (Å²) in [5.74, 6) is 0.0614. The fourth-order valence-corrected chi connectivity index (χ4v) is 4.35. The van der Waals surface area contributed by atoms with Crippen molar-refractivity contribution in [3.05, 3.63) is 120 Å². The molecule has 0 N–H and O–H groups in total. The molecular formula is C26H21NO. The quantitative estimate of drug-likeness (QED) is 0.426. The molecule has 0 aromatic heterocycles. The first-order chi connectivity index (χ1) is 13.8. The van der Waals surface area contributed by atoms with E-state index in [4.69, 9.17) is 0 Å². The van der Waals surface area contributed by atoms with Gasteiger partial charge in [0.05, 0.1) is 12.0 Å². The van der Waals surface area contributed by atoms with Crippen LogP contribution in [0.3, 0.4) is 0 Å². The van der Waals surface area contributed by atoms with Gasteiger partial charge in [-0.1, -0.05) is 103 Å². The largest absolute Gasteiger partial charge is 0.330 e. The molecule has 1 heterocycles. The highest BCUT2D eigenvalue weighted by atomic mass is 16.2. The Hall–Kier alpha value is -3.39.